The average molecular weight is 402 g/mol. The molecule has 0 saturated heterocycles. The Labute approximate surface area is 165 Å². The van der Waals surface area contributed by atoms with E-state index in [1.165, 1.54) is 18.3 Å². The zero-order valence-electron chi connectivity index (χ0n) is 14.5. The Balaban J connectivity index is 1.73. The van der Waals surface area contributed by atoms with Gasteiger partial charge in [-0.25, -0.2) is 10.2 Å². The summed E-state index contributed by atoms with van der Waals surface area (Å²) in [5.41, 5.74) is 3.22. The number of carbonyl (C=O) groups is 2. The molecule has 0 bridgehead atoms. The van der Waals surface area contributed by atoms with E-state index in [0.29, 0.717) is 0 Å². The molecule has 2 aromatic rings. The fraction of sp³-hybridized carbons (Fsp3) is 0.0556. The van der Waals surface area contributed by atoms with Crippen molar-refractivity contribution in [1.29, 1.82) is 0 Å². The molecule has 0 radical (unpaired) electrons. The van der Waals surface area contributed by atoms with Crippen molar-refractivity contribution in [3.05, 3.63) is 75.3 Å². The van der Waals surface area contributed by atoms with Crippen LogP contribution in [0.2, 0.25) is 5.02 Å². The van der Waals surface area contributed by atoms with Gasteiger partial charge in [0.15, 0.2) is 0 Å². The third kappa shape index (κ3) is 6.89. The molecule has 0 fully saturated rings. The number of hydrazone groups is 1. The van der Waals surface area contributed by atoms with Crippen LogP contribution in [0.1, 0.15) is 5.56 Å². The van der Waals surface area contributed by atoms with Crippen molar-refractivity contribution in [3.8, 4) is 0 Å². The summed E-state index contributed by atoms with van der Waals surface area (Å²) in [6, 6.07) is 12.5. The molecule has 0 aromatic heterocycles. The minimum Gasteiger partial charge on any atom is -0.329 e. The fourth-order valence-corrected chi connectivity index (χ4v) is 2.18. The zero-order valence-corrected chi connectivity index (χ0v) is 15.2. The van der Waals surface area contributed by atoms with E-state index in [1.807, 2.05) is 36.4 Å². The van der Waals surface area contributed by atoms with E-state index in [0.717, 1.165) is 11.6 Å². The molecule has 144 valence electrons. The SMILES string of the molecule is O=C(CNC(=O)Nc1ccc([N+](=O)[O-])cc1Cl)N/N=C\C=C\c1ccccc1. The highest BCUT2D eigenvalue weighted by Crippen LogP contribution is 2.26. The summed E-state index contributed by atoms with van der Waals surface area (Å²) in [5, 5.41) is 19.1. The van der Waals surface area contributed by atoms with Crippen LogP contribution >= 0.6 is 11.6 Å². The second-order valence-electron chi connectivity index (χ2n) is 5.31. The number of allylic oxidation sites excluding steroid dienone is 1. The standard InChI is InChI=1S/C18H16ClN5O4/c19-15-11-14(24(27)28)8-9-16(15)22-18(26)20-12-17(25)23-21-10-4-7-13-5-2-1-3-6-13/h1-11H,12H2,(H,23,25)(H2,20,22,26)/b7-4+,21-10-. The van der Waals surface area contributed by atoms with Gasteiger partial charge in [0.25, 0.3) is 11.6 Å². The largest absolute Gasteiger partial charge is 0.329 e. The van der Waals surface area contributed by atoms with Crippen molar-refractivity contribution in [2.24, 2.45) is 5.10 Å². The Morgan fingerprint density at radius 2 is 1.93 bits per heavy atom. The lowest BCUT2D eigenvalue weighted by atomic mass is 10.2. The number of hydrogen-bond donors (Lipinski definition) is 3. The molecule has 0 heterocycles. The Bertz CT molecular complexity index is 915. The van der Waals surface area contributed by atoms with Gasteiger partial charge in [-0.3, -0.25) is 14.9 Å². The van der Waals surface area contributed by atoms with Crippen molar-refractivity contribution in [1.82, 2.24) is 10.7 Å². The van der Waals surface area contributed by atoms with Gasteiger partial charge in [-0.05, 0) is 17.7 Å². The van der Waals surface area contributed by atoms with Crippen molar-refractivity contribution < 1.29 is 14.5 Å². The first-order chi connectivity index (χ1) is 13.5. The number of non-ortho nitro benzene ring substituents is 1. The number of nitrogens with zero attached hydrogens (tertiary/aromatic N) is 2. The number of carbonyl (C=O) groups excluding carboxylic acids is 2. The van der Waals surface area contributed by atoms with Gasteiger partial charge in [0.2, 0.25) is 0 Å². The highest BCUT2D eigenvalue weighted by molar-refractivity contribution is 6.33. The van der Waals surface area contributed by atoms with Crippen LogP contribution in [0.15, 0.2) is 59.7 Å². The minimum absolute atomic E-state index is 0.00334. The second kappa shape index (κ2) is 10.4. The number of amides is 3. The molecule has 9 nitrogen and oxygen atoms in total. The number of nitrogens with one attached hydrogen (secondary N) is 3. The van der Waals surface area contributed by atoms with Gasteiger partial charge in [-0.15, -0.1) is 0 Å². The lowest BCUT2D eigenvalue weighted by molar-refractivity contribution is -0.384. The summed E-state index contributed by atoms with van der Waals surface area (Å²) < 4.78 is 0. The van der Waals surface area contributed by atoms with Gasteiger partial charge in [-0.1, -0.05) is 48.0 Å². The molecule has 28 heavy (non-hydrogen) atoms. The summed E-state index contributed by atoms with van der Waals surface area (Å²) in [6.07, 6.45) is 4.88. The van der Waals surface area contributed by atoms with E-state index in [2.05, 4.69) is 21.2 Å². The number of urea groups is 1. The molecule has 0 atom stereocenters. The molecule has 0 aliphatic rings. The number of nitro groups is 1. The first-order valence-corrected chi connectivity index (χ1v) is 8.36. The lowest BCUT2D eigenvalue weighted by Crippen LogP contribution is -2.37. The highest BCUT2D eigenvalue weighted by Gasteiger charge is 2.11. The summed E-state index contributed by atoms with van der Waals surface area (Å²) >= 11 is 5.87. The van der Waals surface area contributed by atoms with Gasteiger partial charge in [0.1, 0.15) is 6.54 Å². The Morgan fingerprint density at radius 3 is 2.61 bits per heavy atom. The Kier molecular flexibility index (Phi) is 7.67. The molecule has 2 rings (SSSR count). The highest BCUT2D eigenvalue weighted by atomic mass is 35.5. The van der Waals surface area contributed by atoms with Crippen LogP contribution in [0.4, 0.5) is 16.2 Å². The summed E-state index contributed by atoms with van der Waals surface area (Å²) in [5.74, 6) is -0.533. The quantitative estimate of drug-likeness (QED) is 0.374. The van der Waals surface area contributed by atoms with Crippen molar-refractivity contribution in [2.75, 3.05) is 11.9 Å². The van der Waals surface area contributed by atoms with Crippen LogP contribution < -0.4 is 16.1 Å². The van der Waals surface area contributed by atoms with Crippen LogP contribution in [-0.2, 0) is 4.79 Å². The smallest absolute Gasteiger partial charge is 0.319 e. The summed E-state index contributed by atoms with van der Waals surface area (Å²) in [7, 11) is 0. The fourth-order valence-electron chi connectivity index (χ4n) is 1.96. The first-order valence-electron chi connectivity index (χ1n) is 7.98. The molecule has 2 aromatic carbocycles. The van der Waals surface area contributed by atoms with Gasteiger partial charge in [0.05, 0.1) is 15.6 Å². The van der Waals surface area contributed by atoms with E-state index in [-0.39, 0.29) is 22.9 Å². The van der Waals surface area contributed by atoms with Crippen LogP contribution in [-0.4, -0.2) is 29.6 Å². The third-order valence-electron chi connectivity index (χ3n) is 3.26. The molecule has 0 unspecified atom stereocenters. The van der Waals surface area contributed by atoms with Crippen LogP contribution in [0.5, 0.6) is 0 Å². The van der Waals surface area contributed by atoms with Crippen molar-refractivity contribution in [2.45, 2.75) is 0 Å². The van der Waals surface area contributed by atoms with Crippen LogP contribution in [0.25, 0.3) is 6.08 Å². The van der Waals surface area contributed by atoms with E-state index >= 15 is 0 Å². The molecule has 0 aliphatic carbocycles. The number of benzene rings is 2. The molecular weight excluding hydrogens is 386 g/mol. The van der Waals surface area contributed by atoms with Gasteiger partial charge in [0, 0.05) is 18.3 Å². The number of nitro benzene ring substituents is 1. The molecule has 0 spiro atoms. The average Bonchev–Trinajstić information content (AvgIpc) is 2.68. The molecule has 10 heteroatoms. The van der Waals surface area contributed by atoms with Gasteiger partial charge >= 0.3 is 6.03 Å². The maximum absolute atomic E-state index is 11.8. The zero-order chi connectivity index (χ0) is 20.4. The number of rotatable bonds is 7. The predicted molar refractivity (Wildman–Crippen MR) is 107 cm³/mol. The third-order valence-corrected chi connectivity index (χ3v) is 3.57. The normalized spacial score (nSPS) is 10.8. The molecular formula is C18H16ClN5O4. The second-order valence-corrected chi connectivity index (χ2v) is 5.72. The van der Waals surface area contributed by atoms with E-state index in [1.54, 1.807) is 6.08 Å². The Hall–Kier alpha value is -3.72. The monoisotopic (exact) mass is 401 g/mol. The van der Waals surface area contributed by atoms with E-state index < -0.39 is 16.9 Å². The van der Waals surface area contributed by atoms with Gasteiger partial charge in [-0.2, -0.15) is 5.10 Å². The summed E-state index contributed by atoms with van der Waals surface area (Å²) in [4.78, 5) is 33.5. The Morgan fingerprint density at radius 1 is 1.18 bits per heavy atom. The molecule has 3 N–H and O–H groups in total. The maximum Gasteiger partial charge on any atom is 0.319 e. The lowest BCUT2D eigenvalue weighted by Gasteiger charge is -2.08. The van der Waals surface area contributed by atoms with Crippen LogP contribution in [0, 0.1) is 10.1 Å². The van der Waals surface area contributed by atoms with E-state index in [9.17, 15) is 19.7 Å². The molecule has 0 saturated carbocycles. The number of halogens is 1. The minimum atomic E-state index is -0.696. The maximum atomic E-state index is 11.8. The van der Waals surface area contributed by atoms with Gasteiger partial charge < -0.3 is 10.6 Å². The van der Waals surface area contributed by atoms with E-state index in [4.69, 9.17) is 11.6 Å². The molecule has 3 amide bonds. The first kappa shape index (κ1) is 20.6. The number of anilines is 1. The van der Waals surface area contributed by atoms with Crippen LogP contribution in [0.3, 0.4) is 0 Å². The topological polar surface area (TPSA) is 126 Å². The summed E-state index contributed by atoms with van der Waals surface area (Å²) in [6.45, 7) is -0.323. The van der Waals surface area contributed by atoms with Crippen molar-refractivity contribution >= 4 is 47.2 Å². The number of hydrogen-bond acceptors (Lipinski definition) is 5. The van der Waals surface area contributed by atoms with Crippen molar-refractivity contribution in [3.63, 3.8) is 0 Å². The predicted octanol–water partition coefficient (Wildman–Crippen LogP) is 3.19. The molecule has 0 aliphatic heterocycles.